The van der Waals surface area contributed by atoms with Crippen LogP contribution in [0.25, 0.3) is 0 Å². The fraction of sp³-hybridized carbons (Fsp3) is 0.462. The Hall–Kier alpha value is -1.23. The van der Waals surface area contributed by atoms with Crippen molar-refractivity contribution in [3.05, 3.63) is 29.3 Å². The number of morpholine rings is 1. The van der Waals surface area contributed by atoms with Crippen LogP contribution in [0.5, 0.6) is 0 Å². The van der Waals surface area contributed by atoms with Crippen LogP contribution in [0.1, 0.15) is 11.1 Å². The molecule has 1 aromatic carbocycles. The van der Waals surface area contributed by atoms with Gasteiger partial charge in [-0.2, -0.15) is 18.4 Å². The molecule has 7 heteroatoms. The van der Waals surface area contributed by atoms with Gasteiger partial charge in [0, 0.05) is 24.5 Å². The van der Waals surface area contributed by atoms with Crippen molar-refractivity contribution < 1.29 is 17.9 Å². The summed E-state index contributed by atoms with van der Waals surface area (Å²) in [6.45, 7) is 3.04. The molecular weight excluding hydrogens is 289 g/mol. The normalized spacial score (nSPS) is 16.9. The molecule has 20 heavy (non-hydrogen) atoms. The molecule has 2 rings (SSSR count). The third kappa shape index (κ3) is 4.13. The second-order valence-corrected chi connectivity index (χ2v) is 5.30. The smallest absolute Gasteiger partial charge is 0.379 e. The summed E-state index contributed by atoms with van der Waals surface area (Å²) in [6, 6.07) is 3.80. The molecule has 0 amide bonds. The van der Waals surface area contributed by atoms with Gasteiger partial charge in [-0.3, -0.25) is 4.90 Å². The predicted molar refractivity (Wildman–Crippen MR) is 69.0 cm³/mol. The summed E-state index contributed by atoms with van der Waals surface area (Å²) < 4.78 is 43.7. The monoisotopic (exact) mass is 302 g/mol. The van der Waals surface area contributed by atoms with Crippen LogP contribution in [0, 0.1) is 10.7 Å². The highest BCUT2D eigenvalue weighted by molar-refractivity contribution is 8.03. The predicted octanol–water partition coefficient (Wildman–Crippen LogP) is 3.11. The Morgan fingerprint density at radius 3 is 2.55 bits per heavy atom. The lowest BCUT2D eigenvalue weighted by molar-refractivity contribution is -0.137. The van der Waals surface area contributed by atoms with Crippen LogP contribution in [-0.4, -0.2) is 31.2 Å². The topological polar surface area (TPSA) is 36.3 Å². The van der Waals surface area contributed by atoms with Crippen molar-refractivity contribution in [2.75, 3.05) is 26.3 Å². The summed E-state index contributed by atoms with van der Waals surface area (Å²) in [5, 5.41) is 10.4. The van der Waals surface area contributed by atoms with Crippen molar-refractivity contribution in [3.8, 4) is 5.40 Å². The SMILES string of the molecule is N#CSc1cc(CN2CCOCC2)cc(C(F)(F)F)c1. The minimum atomic E-state index is -4.40. The van der Waals surface area contributed by atoms with Gasteiger partial charge in [-0.05, 0) is 35.5 Å². The molecule has 1 heterocycles. The molecule has 1 saturated heterocycles. The molecule has 1 aliphatic rings. The van der Waals surface area contributed by atoms with Crippen LogP contribution < -0.4 is 0 Å². The van der Waals surface area contributed by atoms with E-state index in [1.807, 2.05) is 10.3 Å². The minimum absolute atomic E-state index is 0.325. The number of benzene rings is 1. The van der Waals surface area contributed by atoms with Gasteiger partial charge in [-0.25, -0.2) is 0 Å². The largest absolute Gasteiger partial charge is 0.416 e. The summed E-state index contributed by atoms with van der Waals surface area (Å²) in [5.41, 5.74) is -0.138. The van der Waals surface area contributed by atoms with Crippen LogP contribution >= 0.6 is 11.8 Å². The van der Waals surface area contributed by atoms with E-state index in [1.54, 1.807) is 6.07 Å². The highest BCUT2D eigenvalue weighted by Gasteiger charge is 2.31. The van der Waals surface area contributed by atoms with Crippen molar-refractivity contribution in [2.45, 2.75) is 17.6 Å². The lowest BCUT2D eigenvalue weighted by atomic mass is 10.1. The van der Waals surface area contributed by atoms with E-state index in [-0.39, 0.29) is 0 Å². The first-order valence-electron chi connectivity index (χ1n) is 6.06. The summed E-state index contributed by atoms with van der Waals surface area (Å²) >= 11 is 0.744. The number of nitrogens with zero attached hydrogens (tertiary/aromatic N) is 2. The van der Waals surface area contributed by atoms with Gasteiger partial charge >= 0.3 is 6.18 Å². The van der Waals surface area contributed by atoms with Crippen LogP contribution in [0.4, 0.5) is 13.2 Å². The first-order chi connectivity index (χ1) is 9.49. The number of ether oxygens (including phenoxy) is 1. The van der Waals surface area contributed by atoms with E-state index >= 15 is 0 Å². The summed E-state index contributed by atoms with van der Waals surface area (Å²) in [7, 11) is 0. The van der Waals surface area contributed by atoms with Crippen molar-refractivity contribution in [3.63, 3.8) is 0 Å². The van der Waals surface area contributed by atoms with Gasteiger partial charge in [-0.1, -0.05) is 0 Å². The third-order valence-corrected chi connectivity index (χ3v) is 3.53. The van der Waals surface area contributed by atoms with E-state index in [1.165, 1.54) is 0 Å². The Morgan fingerprint density at radius 2 is 1.95 bits per heavy atom. The third-order valence-electron chi connectivity index (χ3n) is 2.97. The maximum Gasteiger partial charge on any atom is 0.416 e. The fourth-order valence-corrected chi connectivity index (χ4v) is 2.55. The zero-order valence-electron chi connectivity index (χ0n) is 10.6. The highest BCUT2D eigenvalue weighted by atomic mass is 32.2. The Labute approximate surface area is 119 Å². The molecule has 0 aromatic heterocycles. The Kier molecular flexibility index (Phi) is 4.91. The molecule has 1 aromatic rings. The first kappa shape index (κ1) is 15.2. The number of nitriles is 1. The molecule has 0 spiro atoms. The van der Waals surface area contributed by atoms with E-state index in [4.69, 9.17) is 10.00 Å². The minimum Gasteiger partial charge on any atom is -0.379 e. The van der Waals surface area contributed by atoms with Gasteiger partial charge in [-0.15, -0.1) is 0 Å². The summed E-state index contributed by atoms with van der Waals surface area (Å²) in [4.78, 5) is 2.37. The number of hydrogen-bond acceptors (Lipinski definition) is 4. The van der Waals surface area contributed by atoms with Crippen LogP contribution in [0.3, 0.4) is 0 Å². The maximum absolute atomic E-state index is 12.8. The van der Waals surface area contributed by atoms with Crippen LogP contribution in [0.2, 0.25) is 0 Å². The van der Waals surface area contributed by atoms with Crippen molar-refractivity contribution in [1.82, 2.24) is 4.90 Å². The Morgan fingerprint density at radius 1 is 1.25 bits per heavy atom. The van der Waals surface area contributed by atoms with Crippen molar-refractivity contribution >= 4 is 11.8 Å². The zero-order chi connectivity index (χ0) is 14.6. The molecule has 0 unspecified atom stereocenters. The number of halogens is 3. The molecule has 0 N–H and O–H groups in total. The molecule has 1 aliphatic heterocycles. The zero-order valence-corrected chi connectivity index (χ0v) is 11.4. The Balaban J connectivity index is 2.22. The molecule has 0 radical (unpaired) electrons. The molecule has 0 bridgehead atoms. The van der Waals surface area contributed by atoms with Gasteiger partial charge in [0.1, 0.15) is 5.40 Å². The number of hydrogen-bond donors (Lipinski definition) is 0. The van der Waals surface area contributed by atoms with Gasteiger partial charge in [0.15, 0.2) is 0 Å². The molecule has 0 saturated carbocycles. The van der Waals surface area contributed by atoms with E-state index in [2.05, 4.69) is 0 Å². The maximum atomic E-state index is 12.8. The fourth-order valence-electron chi connectivity index (χ4n) is 2.04. The van der Waals surface area contributed by atoms with Crippen molar-refractivity contribution in [2.24, 2.45) is 0 Å². The van der Waals surface area contributed by atoms with Crippen LogP contribution in [-0.2, 0) is 17.5 Å². The molecule has 0 aliphatic carbocycles. The molecular formula is C13H13F3N2OS. The summed E-state index contributed by atoms with van der Waals surface area (Å²) in [6.07, 6.45) is -4.40. The van der Waals surface area contributed by atoms with E-state index in [0.717, 1.165) is 23.9 Å². The number of rotatable bonds is 3. The lowest BCUT2D eigenvalue weighted by Gasteiger charge is -2.27. The molecule has 3 nitrogen and oxygen atoms in total. The second-order valence-electron chi connectivity index (χ2n) is 4.45. The average Bonchev–Trinajstić information content (AvgIpc) is 2.39. The van der Waals surface area contributed by atoms with E-state index < -0.39 is 11.7 Å². The first-order valence-corrected chi connectivity index (χ1v) is 6.88. The van der Waals surface area contributed by atoms with Gasteiger partial charge in [0.25, 0.3) is 0 Å². The standard InChI is InChI=1S/C13H13F3N2OS/c14-13(15,16)11-5-10(6-12(7-11)20-9-17)8-18-1-3-19-4-2-18/h5-7H,1-4,8H2. The Bertz CT molecular complexity index is 507. The van der Waals surface area contributed by atoms with Gasteiger partial charge in [0.05, 0.1) is 18.8 Å². The second kappa shape index (κ2) is 6.48. The van der Waals surface area contributed by atoms with E-state index in [9.17, 15) is 13.2 Å². The summed E-state index contributed by atoms with van der Waals surface area (Å²) in [5.74, 6) is 0. The number of alkyl halides is 3. The molecule has 108 valence electrons. The highest BCUT2D eigenvalue weighted by Crippen LogP contribution is 2.33. The lowest BCUT2D eigenvalue weighted by Crippen LogP contribution is -2.35. The molecule has 1 fully saturated rings. The van der Waals surface area contributed by atoms with Gasteiger partial charge < -0.3 is 4.74 Å². The van der Waals surface area contributed by atoms with Crippen molar-refractivity contribution in [1.29, 1.82) is 5.26 Å². The van der Waals surface area contributed by atoms with Gasteiger partial charge in [0.2, 0.25) is 0 Å². The quantitative estimate of drug-likeness (QED) is 0.635. The average molecular weight is 302 g/mol. The number of thiocyanates is 1. The number of thioether (sulfide) groups is 1. The van der Waals surface area contributed by atoms with E-state index in [0.29, 0.717) is 43.3 Å². The molecule has 0 atom stereocenters. The van der Waals surface area contributed by atoms with Crippen LogP contribution in [0.15, 0.2) is 23.1 Å².